The highest BCUT2D eigenvalue weighted by Gasteiger charge is 2.09. The summed E-state index contributed by atoms with van der Waals surface area (Å²) in [5.74, 6) is 1.44. The van der Waals surface area contributed by atoms with Gasteiger partial charge in [0.1, 0.15) is 0 Å². The maximum absolute atomic E-state index is 5.51. The monoisotopic (exact) mass is 238 g/mol. The quantitative estimate of drug-likeness (QED) is 0.882. The van der Waals surface area contributed by atoms with Gasteiger partial charge >= 0.3 is 0 Å². The van der Waals surface area contributed by atoms with Gasteiger partial charge in [-0.25, -0.2) is 4.98 Å². The lowest BCUT2D eigenvalue weighted by molar-refractivity contribution is 0.356. The molecule has 0 fully saturated rings. The van der Waals surface area contributed by atoms with E-state index in [4.69, 9.17) is 15.2 Å². The second-order valence-corrected chi connectivity index (χ2v) is 4.44. The summed E-state index contributed by atoms with van der Waals surface area (Å²) in [6, 6.07) is 3.84. The van der Waals surface area contributed by atoms with Crippen molar-refractivity contribution in [3.63, 3.8) is 0 Å². The zero-order valence-corrected chi connectivity index (χ0v) is 10.1. The Balaban J connectivity index is 2.51. The maximum Gasteiger partial charge on any atom is 0.162 e. The lowest BCUT2D eigenvalue weighted by Gasteiger charge is -2.05. The molecule has 4 nitrogen and oxygen atoms in total. The van der Waals surface area contributed by atoms with Crippen molar-refractivity contribution in [3.8, 4) is 11.5 Å². The molecule has 0 amide bonds. The van der Waals surface area contributed by atoms with E-state index < -0.39 is 0 Å². The third-order valence-corrected chi connectivity index (χ3v) is 3.37. The Morgan fingerprint density at radius 2 is 1.94 bits per heavy atom. The summed E-state index contributed by atoms with van der Waals surface area (Å²) in [7, 11) is 3.25. The van der Waals surface area contributed by atoms with E-state index in [9.17, 15) is 0 Å². The van der Waals surface area contributed by atoms with E-state index in [1.54, 1.807) is 25.6 Å². The molecule has 1 aromatic carbocycles. The van der Waals surface area contributed by atoms with Gasteiger partial charge in [0.2, 0.25) is 0 Å². The van der Waals surface area contributed by atoms with Gasteiger partial charge in [-0.3, -0.25) is 0 Å². The summed E-state index contributed by atoms with van der Waals surface area (Å²) in [5.41, 5.74) is 6.45. The Hall–Kier alpha value is -1.33. The number of fused-ring (bicyclic) bond motifs is 1. The van der Waals surface area contributed by atoms with Crippen molar-refractivity contribution >= 4 is 21.6 Å². The number of aromatic nitrogens is 1. The van der Waals surface area contributed by atoms with E-state index in [2.05, 4.69) is 4.98 Å². The Morgan fingerprint density at radius 3 is 2.56 bits per heavy atom. The van der Waals surface area contributed by atoms with Crippen LogP contribution in [0, 0.1) is 0 Å². The number of rotatable bonds is 4. The van der Waals surface area contributed by atoms with Gasteiger partial charge in [0.05, 0.1) is 29.4 Å². The molecule has 0 bridgehead atoms. The largest absolute Gasteiger partial charge is 0.493 e. The van der Waals surface area contributed by atoms with E-state index in [1.807, 2.05) is 12.1 Å². The SMILES string of the molecule is COc1cc2nc(CCN)sc2cc1OC. The Morgan fingerprint density at radius 1 is 1.25 bits per heavy atom. The number of methoxy groups -OCH3 is 2. The van der Waals surface area contributed by atoms with Gasteiger partial charge in [-0.2, -0.15) is 0 Å². The van der Waals surface area contributed by atoms with E-state index in [0.717, 1.165) is 27.4 Å². The molecule has 1 aromatic heterocycles. The molecule has 2 aromatic rings. The fraction of sp³-hybridized carbons (Fsp3) is 0.364. The lowest BCUT2D eigenvalue weighted by Crippen LogP contribution is -2.01. The highest BCUT2D eigenvalue weighted by atomic mass is 32.1. The summed E-state index contributed by atoms with van der Waals surface area (Å²) in [5, 5.41) is 1.05. The fourth-order valence-electron chi connectivity index (χ4n) is 1.53. The normalized spacial score (nSPS) is 10.7. The molecule has 0 saturated heterocycles. The van der Waals surface area contributed by atoms with Crippen LogP contribution in [-0.4, -0.2) is 25.7 Å². The molecule has 16 heavy (non-hydrogen) atoms. The first-order valence-electron chi connectivity index (χ1n) is 5.00. The number of hydrogen-bond donors (Lipinski definition) is 1. The number of hydrogen-bond acceptors (Lipinski definition) is 5. The Labute approximate surface area is 98.0 Å². The first-order chi connectivity index (χ1) is 7.78. The minimum Gasteiger partial charge on any atom is -0.493 e. The third kappa shape index (κ3) is 1.96. The zero-order chi connectivity index (χ0) is 11.5. The lowest BCUT2D eigenvalue weighted by atomic mass is 10.3. The number of thiazole rings is 1. The molecular formula is C11H14N2O2S. The first kappa shape index (κ1) is 11.2. The van der Waals surface area contributed by atoms with Gasteiger partial charge in [-0.1, -0.05) is 0 Å². The van der Waals surface area contributed by atoms with Crippen molar-refractivity contribution in [1.29, 1.82) is 0 Å². The highest BCUT2D eigenvalue weighted by molar-refractivity contribution is 7.18. The minimum atomic E-state index is 0.619. The average molecular weight is 238 g/mol. The van der Waals surface area contributed by atoms with Crippen molar-refractivity contribution in [2.75, 3.05) is 20.8 Å². The summed E-state index contributed by atoms with van der Waals surface area (Å²) in [6.45, 7) is 0.619. The molecule has 0 aliphatic carbocycles. The molecule has 0 atom stereocenters. The molecule has 1 heterocycles. The highest BCUT2D eigenvalue weighted by Crippen LogP contribution is 2.34. The van der Waals surface area contributed by atoms with Gasteiger partial charge in [0.15, 0.2) is 11.5 Å². The van der Waals surface area contributed by atoms with Gasteiger partial charge < -0.3 is 15.2 Å². The van der Waals surface area contributed by atoms with E-state index >= 15 is 0 Å². The van der Waals surface area contributed by atoms with Crippen LogP contribution in [0.2, 0.25) is 0 Å². The summed E-state index contributed by atoms with van der Waals surface area (Å²) < 4.78 is 11.6. The van der Waals surface area contributed by atoms with Crippen LogP contribution >= 0.6 is 11.3 Å². The molecule has 5 heteroatoms. The van der Waals surface area contributed by atoms with E-state index in [0.29, 0.717) is 12.3 Å². The minimum absolute atomic E-state index is 0.619. The second kappa shape index (κ2) is 4.67. The Kier molecular flexibility index (Phi) is 3.26. The molecule has 0 radical (unpaired) electrons. The van der Waals surface area contributed by atoms with Crippen LogP contribution in [0.5, 0.6) is 11.5 Å². The standard InChI is InChI=1S/C11H14N2O2S/c1-14-8-5-7-10(6-9(8)15-2)16-11(13-7)3-4-12/h5-6H,3-4,12H2,1-2H3. The second-order valence-electron chi connectivity index (χ2n) is 3.32. The molecule has 2 N–H and O–H groups in total. The van der Waals surface area contributed by atoms with Crippen LogP contribution in [0.1, 0.15) is 5.01 Å². The van der Waals surface area contributed by atoms with Crippen LogP contribution in [0.15, 0.2) is 12.1 Å². The number of nitrogens with two attached hydrogens (primary N) is 1. The number of benzene rings is 1. The summed E-state index contributed by atoms with van der Waals surface area (Å²) in [6.07, 6.45) is 0.810. The molecule has 2 rings (SSSR count). The van der Waals surface area contributed by atoms with E-state index in [1.165, 1.54) is 0 Å². The summed E-state index contributed by atoms with van der Waals surface area (Å²) >= 11 is 1.64. The van der Waals surface area contributed by atoms with Crippen LogP contribution in [-0.2, 0) is 6.42 Å². The third-order valence-electron chi connectivity index (χ3n) is 2.30. The van der Waals surface area contributed by atoms with Gasteiger partial charge in [-0.15, -0.1) is 11.3 Å². The molecule has 0 aliphatic heterocycles. The Bertz CT molecular complexity index is 455. The molecule has 86 valence electrons. The van der Waals surface area contributed by atoms with Gasteiger partial charge in [0.25, 0.3) is 0 Å². The van der Waals surface area contributed by atoms with Gasteiger partial charge in [-0.05, 0) is 6.54 Å². The van der Waals surface area contributed by atoms with Crippen molar-refractivity contribution in [2.45, 2.75) is 6.42 Å². The van der Waals surface area contributed by atoms with E-state index in [-0.39, 0.29) is 0 Å². The maximum atomic E-state index is 5.51. The number of ether oxygens (including phenoxy) is 2. The van der Waals surface area contributed by atoms with Crippen LogP contribution < -0.4 is 15.2 Å². The molecular weight excluding hydrogens is 224 g/mol. The van der Waals surface area contributed by atoms with Crippen molar-refractivity contribution in [3.05, 3.63) is 17.1 Å². The topological polar surface area (TPSA) is 57.4 Å². The predicted molar refractivity (Wildman–Crippen MR) is 65.5 cm³/mol. The number of nitrogens with zero attached hydrogens (tertiary/aromatic N) is 1. The zero-order valence-electron chi connectivity index (χ0n) is 9.32. The smallest absolute Gasteiger partial charge is 0.162 e. The summed E-state index contributed by atoms with van der Waals surface area (Å²) in [4.78, 5) is 4.49. The van der Waals surface area contributed by atoms with Crippen molar-refractivity contribution in [1.82, 2.24) is 4.98 Å². The first-order valence-corrected chi connectivity index (χ1v) is 5.81. The van der Waals surface area contributed by atoms with Gasteiger partial charge in [0, 0.05) is 18.6 Å². The average Bonchev–Trinajstić information content (AvgIpc) is 2.68. The molecule has 0 unspecified atom stereocenters. The van der Waals surface area contributed by atoms with Crippen molar-refractivity contribution < 1.29 is 9.47 Å². The van der Waals surface area contributed by atoms with Crippen molar-refractivity contribution in [2.24, 2.45) is 5.73 Å². The predicted octanol–water partition coefficient (Wildman–Crippen LogP) is 1.81. The molecule has 0 saturated carbocycles. The van der Waals surface area contributed by atoms with Crippen LogP contribution in [0.3, 0.4) is 0 Å². The van der Waals surface area contributed by atoms with Crippen LogP contribution in [0.25, 0.3) is 10.2 Å². The molecule has 0 aliphatic rings. The molecule has 0 spiro atoms. The fourth-order valence-corrected chi connectivity index (χ4v) is 2.53. The van der Waals surface area contributed by atoms with Crippen LogP contribution in [0.4, 0.5) is 0 Å².